The average molecular weight is 572 g/mol. The molecule has 5 rings (SSSR count). The van der Waals surface area contributed by atoms with Crippen molar-refractivity contribution in [1.82, 2.24) is 9.97 Å². The molecule has 3 heterocycles. The summed E-state index contributed by atoms with van der Waals surface area (Å²) in [5, 5.41) is 28.5. The first kappa shape index (κ1) is 29.9. The number of pyridine rings is 2. The first-order valence-corrected chi connectivity index (χ1v) is 11.3. The summed E-state index contributed by atoms with van der Waals surface area (Å²) in [6.45, 7) is 0. The number of rotatable bonds is 4. The van der Waals surface area contributed by atoms with Crippen LogP contribution in [-0.4, -0.2) is 38.3 Å². The minimum Gasteiger partial charge on any atom is -0.618 e. The summed E-state index contributed by atoms with van der Waals surface area (Å²) in [5.74, 6) is -3.79. The van der Waals surface area contributed by atoms with E-state index in [0.717, 1.165) is 5.39 Å². The predicted octanol–water partition coefficient (Wildman–Crippen LogP) is 5.40. The van der Waals surface area contributed by atoms with Crippen LogP contribution in [0.1, 0.15) is 10.5 Å². The summed E-state index contributed by atoms with van der Waals surface area (Å²) in [4.78, 5) is 26.8. The lowest BCUT2D eigenvalue weighted by molar-refractivity contribution is -0.596. The topological polar surface area (TPSA) is 165 Å². The Bertz CT molecular complexity index is 1660. The molecular formula is C27H20F4N4O6. The van der Waals surface area contributed by atoms with Gasteiger partial charge < -0.3 is 30.9 Å². The lowest BCUT2D eigenvalue weighted by Crippen LogP contribution is -2.36. The molecule has 0 aliphatic rings. The van der Waals surface area contributed by atoms with E-state index in [1.54, 1.807) is 60.9 Å². The standard InChI is InChI=1S/C13H10FN3O.C12H9NO3.C2HF3O2/c14-10-7-8(15)1-2-12(10)18-11-4-6-17-13-9(11)3-5-16-13;14-12(15)11-8-4-7-10(13(11)16)9-5-2-1-3-6-9;3-2(4,5)1(6)7/h1-7H,15H2,(H,16,17);1-8H,(H,14,15);(H,6,7). The number of hydrogen-bond donors (Lipinski definition) is 4. The van der Waals surface area contributed by atoms with Gasteiger partial charge in [-0.3, -0.25) is 0 Å². The van der Waals surface area contributed by atoms with E-state index in [0.29, 0.717) is 33.1 Å². The number of anilines is 1. The van der Waals surface area contributed by atoms with Crippen molar-refractivity contribution in [3.63, 3.8) is 0 Å². The van der Waals surface area contributed by atoms with Crippen molar-refractivity contribution < 1.29 is 46.8 Å². The molecule has 0 bridgehead atoms. The van der Waals surface area contributed by atoms with Gasteiger partial charge >= 0.3 is 23.8 Å². The van der Waals surface area contributed by atoms with E-state index in [9.17, 15) is 27.6 Å². The van der Waals surface area contributed by atoms with E-state index in [-0.39, 0.29) is 11.4 Å². The molecule has 0 fully saturated rings. The van der Waals surface area contributed by atoms with Crippen molar-refractivity contribution >= 4 is 28.7 Å². The van der Waals surface area contributed by atoms with Crippen LogP contribution < -0.4 is 15.2 Å². The summed E-state index contributed by atoms with van der Waals surface area (Å²) < 4.78 is 51.3. The van der Waals surface area contributed by atoms with Gasteiger partial charge in [0.2, 0.25) is 5.69 Å². The molecule has 2 aromatic carbocycles. The molecule has 14 heteroatoms. The number of hydrogen-bond acceptors (Lipinski definition) is 6. The first-order valence-electron chi connectivity index (χ1n) is 11.3. The molecule has 0 amide bonds. The Morgan fingerprint density at radius 2 is 1.63 bits per heavy atom. The Kier molecular flexibility index (Phi) is 9.42. The molecule has 5 aromatic rings. The summed E-state index contributed by atoms with van der Waals surface area (Å²) in [6.07, 6.45) is -1.73. The fraction of sp³-hybridized carbons (Fsp3) is 0.0370. The van der Waals surface area contributed by atoms with Crippen molar-refractivity contribution in [3.05, 3.63) is 108 Å². The van der Waals surface area contributed by atoms with Gasteiger partial charge in [-0.05, 0) is 42.5 Å². The van der Waals surface area contributed by atoms with Crippen molar-refractivity contribution in [1.29, 1.82) is 0 Å². The second kappa shape index (κ2) is 12.9. The van der Waals surface area contributed by atoms with E-state index in [2.05, 4.69) is 9.97 Å². The number of halogens is 4. The minimum atomic E-state index is -5.08. The van der Waals surface area contributed by atoms with Gasteiger partial charge in [0.15, 0.2) is 11.6 Å². The number of nitrogens with one attached hydrogen (secondary N) is 1. The highest BCUT2D eigenvalue weighted by Crippen LogP contribution is 2.30. The van der Waals surface area contributed by atoms with E-state index in [4.69, 9.17) is 25.5 Å². The third-order valence-corrected chi connectivity index (χ3v) is 5.07. The van der Waals surface area contributed by atoms with E-state index >= 15 is 0 Å². The van der Waals surface area contributed by atoms with Crippen molar-refractivity contribution in [3.8, 4) is 22.8 Å². The molecule has 10 nitrogen and oxygen atoms in total. The molecule has 41 heavy (non-hydrogen) atoms. The Balaban J connectivity index is 0.000000186. The second-order valence-corrected chi connectivity index (χ2v) is 7.91. The fourth-order valence-electron chi connectivity index (χ4n) is 3.22. The van der Waals surface area contributed by atoms with Gasteiger partial charge in [-0.1, -0.05) is 18.2 Å². The summed E-state index contributed by atoms with van der Waals surface area (Å²) in [5.41, 5.74) is 7.30. The zero-order valence-corrected chi connectivity index (χ0v) is 20.7. The van der Waals surface area contributed by atoms with Gasteiger partial charge in [0, 0.05) is 41.8 Å². The lowest BCUT2D eigenvalue weighted by atomic mass is 10.1. The molecule has 3 aromatic heterocycles. The number of aromatic carboxylic acids is 1. The number of nitrogens with two attached hydrogens (primary N) is 1. The SMILES string of the molecule is Nc1ccc(Oc2ccnc3[nH]ccc23)c(F)c1.O=C(O)C(F)(F)F.O=C(O)c1cccc(-c2ccccc2)[n+]1[O-]. The largest absolute Gasteiger partial charge is 0.618 e. The van der Waals surface area contributed by atoms with Crippen LogP contribution in [0.3, 0.4) is 0 Å². The van der Waals surface area contributed by atoms with Crippen LogP contribution in [0.4, 0.5) is 23.2 Å². The van der Waals surface area contributed by atoms with Crippen LogP contribution in [0, 0.1) is 11.0 Å². The number of carbonyl (C=O) groups is 2. The average Bonchev–Trinajstić information content (AvgIpc) is 3.41. The van der Waals surface area contributed by atoms with Gasteiger partial charge in [0.25, 0.3) is 0 Å². The van der Waals surface area contributed by atoms with Crippen LogP contribution in [0.5, 0.6) is 11.5 Å². The summed E-state index contributed by atoms with van der Waals surface area (Å²) in [7, 11) is 0. The van der Waals surface area contributed by atoms with Gasteiger partial charge in [-0.15, -0.1) is 0 Å². The molecule has 212 valence electrons. The number of benzene rings is 2. The van der Waals surface area contributed by atoms with Crippen molar-refractivity contribution in [2.24, 2.45) is 0 Å². The molecule has 0 radical (unpaired) electrons. The zero-order valence-electron chi connectivity index (χ0n) is 20.7. The molecule has 0 saturated carbocycles. The number of H-pyrrole nitrogens is 1. The van der Waals surface area contributed by atoms with Crippen LogP contribution in [0.15, 0.2) is 91.3 Å². The summed E-state index contributed by atoms with van der Waals surface area (Å²) >= 11 is 0. The number of aromatic nitrogens is 3. The maximum absolute atomic E-state index is 13.6. The van der Waals surface area contributed by atoms with E-state index in [1.807, 2.05) is 12.1 Å². The zero-order chi connectivity index (χ0) is 30.2. The number of nitrogens with zero attached hydrogens (tertiary/aromatic N) is 2. The maximum atomic E-state index is 13.6. The quantitative estimate of drug-likeness (QED) is 0.0962. The Labute approximate surface area is 228 Å². The maximum Gasteiger partial charge on any atom is 0.490 e. The molecule has 0 unspecified atom stereocenters. The number of carboxylic acids is 2. The van der Waals surface area contributed by atoms with Gasteiger partial charge in [0.05, 0.1) is 5.39 Å². The molecular weight excluding hydrogens is 552 g/mol. The van der Waals surface area contributed by atoms with Crippen LogP contribution >= 0.6 is 0 Å². The van der Waals surface area contributed by atoms with Crippen molar-refractivity contribution in [2.75, 3.05) is 5.73 Å². The highest BCUT2D eigenvalue weighted by molar-refractivity contribution is 5.84. The smallest absolute Gasteiger partial charge is 0.490 e. The fourth-order valence-corrected chi connectivity index (χ4v) is 3.22. The Morgan fingerprint density at radius 3 is 2.24 bits per heavy atom. The number of carboxylic acid groups (broad SMARTS) is 2. The molecule has 0 saturated heterocycles. The highest BCUT2D eigenvalue weighted by Gasteiger charge is 2.38. The van der Waals surface area contributed by atoms with Crippen LogP contribution in [-0.2, 0) is 4.79 Å². The van der Waals surface area contributed by atoms with Crippen LogP contribution in [0.25, 0.3) is 22.3 Å². The van der Waals surface area contributed by atoms with Crippen molar-refractivity contribution in [2.45, 2.75) is 6.18 Å². The van der Waals surface area contributed by atoms with E-state index in [1.165, 1.54) is 18.2 Å². The number of ether oxygens (including phenoxy) is 1. The third kappa shape index (κ3) is 7.92. The Hall–Kier alpha value is -5.66. The lowest BCUT2D eigenvalue weighted by Gasteiger charge is -2.07. The number of fused-ring (bicyclic) bond motifs is 1. The van der Waals surface area contributed by atoms with E-state index < -0.39 is 23.9 Å². The molecule has 0 spiro atoms. The molecule has 0 aliphatic carbocycles. The normalized spacial score (nSPS) is 10.5. The number of aliphatic carboxylic acids is 1. The first-order chi connectivity index (χ1) is 19.4. The predicted molar refractivity (Wildman–Crippen MR) is 138 cm³/mol. The highest BCUT2D eigenvalue weighted by atomic mass is 19.4. The summed E-state index contributed by atoms with van der Waals surface area (Å²) in [6, 6.07) is 21.2. The molecule has 5 N–H and O–H groups in total. The van der Waals surface area contributed by atoms with Gasteiger partial charge in [-0.25, -0.2) is 19.0 Å². The number of nitrogen functional groups attached to an aromatic ring is 1. The Morgan fingerprint density at radius 1 is 0.951 bits per heavy atom. The monoisotopic (exact) mass is 572 g/mol. The number of alkyl halides is 3. The third-order valence-electron chi connectivity index (χ3n) is 5.07. The molecule has 0 atom stereocenters. The minimum absolute atomic E-state index is 0.137. The second-order valence-electron chi connectivity index (χ2n) is 7.91. The number of aromatic amines is 1. The van der Waals surface area contributed by atoms with Gasteiger partial charge in [0.1, 0.15) is 11.4 Å². The van der Waals surface area contributed by atoms with Gasteiger partial charge in [-0.2, -0.15) is 17.9 Å². The van der Waals surface area contributed by atoms with Crippen LogP contribution in [0.2, 0.25) is 0 Å². The molecule has 0 aliphatic heterocycles.